The van der Waals surface area contributed by atoms with Crippen LogP contribution in [-0.2, 0) is 0 Å². The zero-order chi connectivity index (χ0) is 13.8. The first-order valence-electron chi connectivity index (χ1n) is 5.99. The number of amidine groups is 1. The number of rotatable bonds is 2. The number of carbonyl (C=O) groups excluding carboxylic acids is 1. The molecule has 0 unspecified atom stereocenters. The van der Waals surface area contributed by atoms with E-state index >= 15 is 0 Å². The van der Waals surface area contributed by atoms with E-state index in [0.29, 0.717) is 25.9 Å². The Labute approximate surface area is 109 Å². The van der Waals surface area contributed by atoms with Crippen molar-refractivity contribution < 1.29 is 14.4 Å². The summed E-state index contributed by atoms with van der Waals surface area (Å²) < 4.78 is 13.0. The Morgan fingerprint density at radius 2 is 2.16 bits per heavy atom. The van der Waals surface area contributed by atoms with Gasteiger partial charge in [0.1, 0.15) is 11.7 Å². The Morgan fingerprint density at radius 1 is 1.47 bits per heavy atom. The Kier molecular flexibility index (Phi) is 3.94. The van der Waals surface area contributed by atoms with Crippen molar-refractivity contribution in [3.05, 3.63) is 29.8 Å². The standard InChI is InChI=1S/C12H15FN4O2/c13-10-5-9(6-15-7-10)12(18)17-3-1-8(2-4-17)11(14)16-19/h5-8,19H,1-4H2,(H2,14,16). The molecule has 1 aliphatic heterocycles. The molecule has 0 aromatic carbocycles. The molecule has 19 heavy (non-hydrogen) atoms. The van der Waals surface area contributed by atoms with Gasteiger partial charge in [0, 0.05) is 25.2 Å². The summed E-state index contributed by atoms with van der Waals surface area (Å²) in [5.41, 5.74) is 5.78. The van der Waals surface area contributed by atoms with Gasteiger partial charge < -0.3 is 15.8 Å². The fourth-order valence-electron chi connectivity index (χ4n) is 2.17. The monoisotopic (exact) mass is 266 g/mol. The molecule has 1 fully saturated rings. The van der Waals surface area contributed by atoms with Gasteiger partial charge in [-0.05, 0) is 18.9 Å². The maximum Gasteiger partial charge on any atom is 0.255 e. The zero-order valence-electron chi connectivity index (χ0n) is 10.3. The lowest BCUT2D eigenvalue weighted by Crippen LogP contribution is -2.41. The van der Waals surface area contributed by atoms with Gasteiger partial charge in [0.25, 0.3) is 5.91 Å². The number of aromatic nitrogens is 1. The summed E-state index contributed by atoms with van der Waals surface area (Å²) in [7, 11) is 0. The average molecular weight is 266 g/mol. The number of pyridine rings is 1. The minimum atomic E-state index is -0.530. The van der Waals surface area contributed by atoms with E-state index in [1.165, 1.54) is 12.3 Å². The summed E-state index contributed by atoms with van der Waals surface area (Å²) >= 11 is 0. The first kappa shape index (κ1) is 13.3. The number of nitrogens with two attached hydrogens (primary N) is 1. The lowest BCUT2D eigenvalue weighted by Gasteiger charge is -2.31. The van der Waals surface area contributed by atoms with Crippen molar-refractivity contribution >= 4 is 11.7 Å². The van der Waals surface area contributed by atoms with Crippen LogP contribution in [0.25, 0.3) is 0 Å². The third-order valence-corrected chi connectivity index (χ3v) is 3.27. The summed E-state index contributed by atoms with van der Waals surface area (Å²) in [4.78, 5) is 17.4. The van der Waals surface area contributed by atoms with Crippen LogP contribution < -0.4 is 5.73 Å². The van der Waals surface area contributed by atoms with Gasteiger partial charge in [-0.3, -0.25) is 9.78 Å². The van der Waals surface area contributed by atoms with E-state index in [-0.39, 0.29) is 23.2 Å². The molecule has 0 radical (unpaired) electrons. The molecule has 0 spiro atoms. The molecule has 1 aromatic heterocycles. The quantitative estimate of drug-likeness (QED) is 0.359. The predicted octanol–water partition coefficient (Wildman–Crippen LogP) is 0.819. The van der Waals surface area contributed by atoms with Crippen molar-refractivity contribution in [1.82, 2.24) is 9.88 Å². The minimum Gasteiger partial charge on any atom is -0.409 e. The number of likely N-dealkylation sites (tertiary alicyclic amines) is 1. The molecule has 0 atom stereocenters. The molecule has 0 aliphatic carbocycles. The van der Waals surface area contributed by atoms with Gasteiger partial charge in [0.15, 0.2) is 0 Å². The van der Waals surface area contributed by atoms with E-state index in [4.69, 9.17) is 10.9 Å². The maximum absolute atomic E-state index is 13.0. The maximum atomic E-state index is 13.0. The Bertz CT molecular complexity index is 498. The smallest absolute Gasteiger partial charge is 0.255 e. The van der Waals surface area contributed by atoms with Crippen LogP contribution in [-0.4, -0.2) is 39.9 Å². The molecule has 0 bridgehead atoms. The van der Waals surface area contributed by atoms with Gasteiger partial charge in [0.05, 0.1) is 11.8 Å². The summed E-state index contributed by atoms with van der Waals surface area (Å²) in [5.74, 6) is -0.596. The second kappa shape index (κ2) is 5.64. The van der Waals surface area contributed by atoms with E-state index in [1.54, 1.807) is 4.90 Å². The van der Waals surface area contributed by atoms with Crippen molar-refractivity contribution in [2.45, 2.75) is 12.8 Å². The van der Waals surface area contributed by atoms with Crippen molar-refractivity contribution in [3.63, 3.8) is 0 Å². The average Bonchev–Trinajstić information content (AvgIpc) is 2.46. The van der Waals surface area contributed by atoms with Crippen molar-refractivity contribution in [1.29, 1.82) is 0 Å². The van der Waals surface area contributed by atoms with Gasteiger partial charge in [0.2, 0.25) is 0 Å². The van der Waals surface area contributed by atoms with Crippen LogP contribution in [0.2, 0.25) is 0 Å². The van der Waals surface area contributed by atoms with Crippen LogP contribution in [0.1, 0.15) is 23.2 Å². The molecule has 1 aliphatic rings. The van der Waals surface area contributed by atoms with Crippen molar-refractivity contribution in [3.8, 4) is 0 Å². The Hall–Kier alpha value is -2.18. The fraction of sp³-hybridized carbons (Fsp3) is 0.417. The Morgan fingerprint density at radius 3 is 2.74 bits per heavy atom. The Balaban J connectivity index is 2.00. The van der Waals surface area contributed by atoms with Crippen LogP contribution >= 0.6 is 0 Å². The highest BCUT2D eigenvalue weighted by molar-refractivity contribution is 5.94. The number of carbonyl (C=O) groups is 1. The molecule has 0 saturated carbocycles. The molecule has 7 heteroatoms. The second-order valence-corrected chi connectivity index (χ2v) is 4.48. The highest BCUT2D eigenvalue weighted by atomic mass is 19.1. The third kappa shape index (κ3) is 2.98. The second-order valence-electron chi connectivity index (χ2n) is 4.48. The molecule has 2 heterocycles. The van der Waals surface area contributed by atoms with Gasteiger partial charge in [-0.25, -0.2) is 4.39 Å². The first-order chi connectivity index (χ1) is 9.11. The van der Waals surface area contributed by atoms with Gasteiger partial charge >= 0.3 is 0 Å². The lowest BCUT2D eigenvalue weighted by atomic mass is 9.95. The van der Waals surface area contributed by atoms with E-state index in [2.05, 4.69) is 10.1 Å². The SMILES string of the molecule is N/C(=N/O)C1CCN(C(=O)c2cncc(F)c2)CC1. The molecule has 2 rings (SSSR count). The van der Waals surface area contributed by atoms with Crippen LogP contribution in [0.15, 0.2) is 23.6 Å². The van der Waals surface area contributed by atoms with Gasteiger partial charge in [-0.15, -0.1) is 0 Å². The molecule has 1 amide bonds. The van der Waals surface area contributed by atoms with Crippen molar-refractivity contribution in [2.24, 2.45) is 16.8 Å². The third-order valence-electron chi connectivity index (χ3n) is 3.27. The summed E-state index contributed by atoms with van der Waals surface area (Å²) in [6.07, 6.45) is 3.66. The highest BCUT2D eigenvalue weighted by Crippen LogP contribution is 2.19. The minimum absolute atomic E-state index is 0.0142. The molecule has 1 aromatic rings. The van der Waals surface area contributed by atoms with Crippen LogP contribution in [0.5, 0.6) is 0 Å². The number of oxime groups is 1. The molecule has 102 valence electrons. The summed E-state index contributed by atoms with van der Waals surface area (Å²) in [6.45, 7) is 0.993. The summed E-state index contributed by atoms with van der Waals surface area (Å²) in [6, 6.07) is 1.17. The number of nitrogens with zero attached hydrogens (tertiary/aromatic N) is 3. The van der Waals surface area contributed by atoms with Crippen LogP contribution in [0.4, 0.5) is 4.39 Å². The molecule has 6 nitrogen and oxygen atoms in total. The number of piperidine rings is 1. The molecular weight excluding hydrogens is 251 g/mol. The molecule has 3 N–H and O–H groups in total. The van der Waals surface area contributed by atoms with E-state index in [9.17, 15) is 9.18 Å². The number of amides is 1. The topological polar surface area (TPSA) is 91.8 Å². The lowest BCUT2D eigenvalue weighted by molar-refractivity contribution is 0.0708. The number of halogens is 1. The van der Waals surface area contributed by atoms with E-state index < -0.39 is 5.82 Å². The highest BCUT2D eigenvalue weighted by Gasteiger charge is 2.26. The first-order valence-corrected chi connectivity index (χ1v) is 5.99. The number of hydrogen-bond acceptors (Lipinski definition) is 4. The summed E-state index contributed by atoms with van der Waals surface area (Å²) in [5, 5.41) is 11.6. The van der Waals surface area contributed by atoms with Gasteiger partial charge in [-0.1, -0.05) is 5.16 Å². The van der Waals surface area contributed by atoms with Crippen LogP contribution in [0.3, 0.4) is 0 Å². The molecule has 1 saturated heterocycles. The predicted molar refractivity (Wildman–Crippen MR) is 66.2 cm³/mol. The number of hydrogen-bond donors (Lipinski definition) is 2. The van der Waals surface area contributed by atoms with Crippen LogP contribution in [0, 0.1) is 11.7 Å². The molecular formula is C12H15FN4O2. The van der Waals surface area contributed by atoms with Gasteiger partial charge in [-0.2, -0.15) is 0 Å². The normalized spacial score (nSPS) is 17.5. The van der Waals surface area contributed by atoms with E-state index in [1.807, 2.05) is 0 Å². The van der Waals surface area contributed by atoms with E-state index in [0.717, 1.165) is 6.20 Å². The fourth-order valence-corrected chi connectivity index (χ4v) is 2.17. The zero-order valence-corrected chi connectivity index (χ0v) is 10.3. The largest absolute Gasteiger partial charge is 0.409 e. The van der Waals surface area contributed by atoms with Crippen molar-refractivity contribution in [2.75, 3.05) is 13.1 Å².